The monoisotopic (exact) mass is 184 g/mol. The van der Waals surface area contributed by atoms with E-state index >= 15 is 0 Å². The van der Waals surface area contributed by atoms with Crippen LogP contribution in [0.3, 0.4) is 0 Å². The van der Waals surface area contributed by atoms with Gasteiger partial charge in [0.05, 0.1) is 0 Å². The molecular weight excluding hydrogens is 156 g/mol. The quantitative estimate of drug-likeness (QED) is 0.586. The van der Waals surface area contributed by atoms with E-state index in [1.165, 1.54) is 12.8 Å². The van der Waals surface area contributed by atoms with Gasteiger partial charge in [-0.3, -0.25) is 0 Å². The molecule has 0 saturated heterocycles. The summed E-state index contributed by atoms with van der Waals surface area (Å²) in [6.07, 6.45) is 2.58. The Labute approximate surface area is 85.1 Å². The molecular formula is C13H28. The summed E-state index contributed by atoms with van der Waals surface area (Å²) in [5.74, 6) is 0. The molecule has 13 heavy (non-hydrogen) atoms. The van der Waals surface area contributed by atoms with Crippen LogP contribution in [0.2, 0.25) is 0 Å². The average molecular weight is 184 g/mol. The van der Waals surface area contributed by atoms with Crippen LogP contribution in [0.5, 0.6) is 0 Å². The molecule has 0 aliphatic rings. The van der Waals surface area contributed by atoms with E-state index in [4.69, 9.17) is 0 Å². The fraction of sp³-hybridized carbons (Fsp3) is 1.00. The normalized spacial score (nSPS) is 14.8. The smallest absolute Gasteiger partial charge is 0.0300 e. The van der Waals surface area contributed by atoms with Gasteiger partial charge in [0.25, 0.3) is 0 Å². The molecule has 0 amide bonds. The summed E-state index contributed by atoms with van der Waals surface area (Å²) < 4.78 is 0. The van der Waals surface area contributed by atoms with Crippen LogP contribution < -0.4 is 0 Å². The van der Waals surface area contributed by atoms with Gasteiger partial charge in [-0.05, 0) is 22.7 Å². The Kier molecular flexibility index (Phi) is 3.63. The minimum atomic E-state index is 0.402. The molecule has 0 atom stereocenters. The highest BCUT2D eigenvalue weighted by Gasteiger charge is 2.36. The minimum absolute atomic E-state index is 0.402. The fourth-order valence-electron chi connectivity index (χ4n) is 1.59. The summed E-state index contributed by atoms with van der Waals surface area (Å²) in [7, 11) is 0. The topological polar surface area (TPSA) is 0 Å². The molecule has 0 aromatic carbocycles. The maximum absolute atomic E-state index is 2.39. The van der Waals surface area contributed by atoms with Crippen molar-refractivity contribution in [1.29, 1.82) is 0 Å². The molecule has 80 valence electrons. The highest BCUT2D eigenvalue weighted by molar-refractivity contribution is 4.87. The van der Waals surface area contributed by atoms with Gasteiger partial charge in [0.2, 0.25) is 0 Å². The van der Waals surface area contributed by atoms with Crippen LogP contribution in [0.4, 0.5) is 0 Å². The zero-order valence-corrected chi connectivity index (χ0v) is 10.9. The fourth-order valence-corrected chi connectivity index (χ4v) is 1.59. The molecule has 0 fully saturated rings. The number of hydrogen-bond donors (Lipinski definition) is 0. The second-order valence-electron chi connectivity index (χ2n) is 6.83. The van der Waals surface area contributed by atoms with Gasteiger partial charge < -0.3 is 0 Å². The van der Waals surface area contributed by atoms with Crippen LogP contribution in [-0.2, 0) is 0 Å². The summed E-state index contributed by atoms with van der Waals surface area (Å²) in [6, 6.07) is 0. The lowest BCUT2D eigenvalue weighted by atomic mass is 9.62. The zero-order valence-electron chi connectivity index (χ0n) is 10.9. The third-order valence-electron chi connectivity index (χ3n) is 3.91. The molecule has 0 heteroatoms. The first-order valence-corrected chi connectivity index (χ1v) is 5.52. The average Bonchev–Trinajstić information content (AvgIpc) is 1.83. The van der Waals surface area contributed by atoms with Crippen molar-refractivity contribution in [3.8, 4) is 0 Å². The van der Waals surface area contributed by atoms with E-state index in [-0.39, 0.29) is 0 Å². The Morgan fingerprint density at radius 1 is 0.769 bits per heavy atom. The van der Waals surface area contributed by atoms with Crippen LogP contribution in [-0.4, -0.2) is 0 Å². The van der Waals surface area contributed by atoms with Gasteiger partial charge in [0, 0.05) is 0 Å². The summed E-state index contributed by atoms with van der Waals surface area (Å²) in [6.45, 7) is 18.9. The van der Waals surface area contributed by atoms with E-state index in [0.717, 1.165) is 0 Å². The molecule has 0 N–H and O–H groups in total. The summed E-state index contributed by atoms with van der Waals surface area (Å²) in [5.41, 5.74) is 1.31. The molecule has 0 unspecified atom stereocenters. The Hall–Kier alpha value is 0. The predicted octanol–water partition coefficient (Wildman–Crippen LogP) is 4.89. The van der Waals surface area contributed by atoms with Crippen LogP contribution >= 0.6 is 0 Å². The second-order valence-corrected chi connectivity index (χ2v) is 6.83. The molecule has 0 aromatic heterocycles. The van der Waals surface area contributed by atoms with Crippen molar-refractivity contribution in [1.82, 2.24) is 0 Å². The molecule has 0 radical (unpaired) electrons. The van der Waals surface area contributed by atoms with Crippen molar-refractivity contribution in [3.05, 3.63) is 0 Å². The maximum Gasteiger partial charge on any atom is -0.0300 e. The lowest BCUT2D eigenvalue weighted by Gasteiger charge is -2.44. The Balaban J connectivity index is 4.52. The van der Waals surface area contributed by atoms with Crippen molar-refractivity contribution in [2.75, 3.05) is 0 Å². The molecule has 0 bridgehead atoms. The van der Waals surface area contributed by atoms with Gasteiger partial charge >= 0.3 is 0 Å². The van der Waals surface area contributed by atoms with Gasteiger partial charge in [-0.1, -0.05) is 61.8 Å². The van der Waals surface area contributed by atoms with E-state index in [1.54, 1.807) is 0 Å². The first-order valence-electron chi connectivity index (χ1n) is 5.52. The van der Waals surface area contributed by atoms with Crippen molar-refractivity contribution in [3.63, 3.8) is 0 Å². The number of hydrogen-bond acceptors (Lipinski definition) is 0. The molecule has 0 nitrogen and oxygen atoms in total. The van der Waals surface area contributed by atoms with Crippen LogP contribution in [0.15, 0.2) is 0 Å². The first-order chi connectivity index (χ1) is 5.52. The summed E-state index contributed by atoms with van der Waals surface area (Å²) in [4.78, 5) is 0. The standard InChI is InChI=1S/C13H28/c1-9-12(5,6)10-13(7,8)11(2,3)4/h9-10H2,1-8H3. The number of rotatable bonds is 3. The van der Waals surface area contributed by atoms with Crippen molar-refractivity contribution < 1.29 is 0 Å². The molecule has 0 aliphatic heterocycles. The van der Waals surface area contributed by atoms with E-state index in [1.807, 2.05) is 0 Å². The molecule has 0 heterocycles. The molecule has 0 rings (SSSR count). The third kappa shape index (κ3) is 3.70. The largest absolute Gasteiger partial charge is 0.0649 e. The summed E-state index contributed by atoms with van der Waals surface area (Å²) in [5, 5.41) is 0. The van der Waals surface area contributed by atoms with Gasteiger partial charge in [-0.15, -0.1) is 0 Å². The molecule has 0 saturated carbocycles. The van der Waals surface area contributed by atoms with Crippen molar-refractivity contribution in [2.45, 2.75) is 68.2 Å². The lowest BCUT2D eigenvalue weighted by molar-refractivity contribution is 0.0657. The maximum atomic E-state index is 2.39. The third-order valence-corrected chi connectivity index (χ3v) is 3.91. The van der Waals surface area contributed by atoms with E-state index < -0.39 is 0 Å². The molecule has 0 aromatic rings. The van der Waals surface area contributed by atoms with Gasteiger partial charge in [0.1, 0.15) is 0 Å². The Morgan fingerprint density at radius 2 is 1.15 bits per heavy atom. The SMILES string of the molecule is CCC(C)(C)CC(C)(C)C(C)(C)C. The first kappa shape index (κ1) is 13.0. The Morgan fingerprint density at radius 3 is 1.38 bits per heavy atom. The Bertz CT molecular complexity index is 155. The zero-order chi connectivity index (χ0) is 10.9. The van der Waals surface area contributed by atoms with Gasteiger partial charge in [-0.2, -0.15) is 0 Å². The molecule has 0 aliphatic carbocycles. The predicted molar refractivity (Wildman–Crippen MR) is 61.9 cm³/mol. The van der Waals surface area contributed by atoms with Crippen molar-refractivity contribution in [2.24, 2.45) is 16.2 Å². The van der Waals surface area contributed by atoms with Gasteiger partial charge in [0.15, 0.2) is 0 Å². The molecule has 0 spiro atoms. The van der Waals surface area contributed by atoms with E-state index in [0.29, 0.717) is 16.2 Å². The lowest BCUT2D eigenvalue weighted by Crippen LogP contribution is -2.34. The van der Waals surface area contributed by atoms with E-state index in [2.05, 4.69) is 55.4 Å². The minimum Gasteiger partial charge on any atom is -0.0649 e. The highest BCUT2D eigenvalue weighted by Crippen LogP contribution is 2.46. The van der Waals surface area contributed by atoms with Crippen LogP contribution in [0.25, 0.3) is 0 Å². The van der Waals surface area contributed by atoms with Crippen LogP contribution in [0, 0.1) is 16.2 Å². The van der Waals surface area contributed by atoms with Gasteiger partial charge in [-0.25, -0.2) is 0 Å². The highest BCUT2D eigenvalue weighted by atomic mass is 14.4. The van der Waals surface area contributed by atoms with Crippen molar-refractivity contribution >= 4 is 0 Å². The second kappa shape index (κ2) is 3.63. The van der Waals surface area contributed by atoms with Crippen LogP contribution in [0.1, 0.15) is 68.2 Å². The summed E-state index contributed by atoms with van der Waals surface area (Å²) >= 11 is 0. The van der Waals surface area contributed by atoms with E-state index in [9.17, 15) is 0 Å².